The molecule has 4 nitrogen and oxygen atoms in total. The van der Waals surface area contributed by atoms with Crippen LogP contribution in [0, 0.1) is 11.8 Å². The summed E-state index contributed by atoms with van der Waals surface area (Å²) >= 11 is 0. The lowest BCUT2D eigenvalue weighted by Crippen LogP contribution is -2.41. The lowest BCUT2D eigenvalue weighted by molar-refractivity contribution is 0.00578. The number of halogens is 1. The zero-order chi connectivity index (χ0) is 18.8. The summed E-state index contributed by atoms with van der Waals surface area (Å²) in [5.41, 5.74) is -0.0632. The van der Waals surface area contributed by atoms with Gasteiger partial charge in [0.25, 0.3) is 0 Å². The van der Waals surface area contributed by atoms with Crippen LogP contribution >= 0.6 is 0 Å². The summed E-state index contributed by atoms with van der Waals surface area (Å²) in [6.07, 6.45) is 5.00. The van der Waals surface area contributed by atoms with Crippen molar-refractivity contribution < 1.29 is 13.7 Å². The first-order valence-corrected chi connectivity index (χ1v) is 8.56. The van der Waals surface area contributed by atoms with Gasteiger partial charge < -0.3 is 9.31 Å². The summed E-state index contributed by atoms with van der Waals surface area (Å²) in [6, 6.07) is 9.25. The van der Waals surface area contributed by atoms with Crippen LogP contribution < -0.4 is 0 Å². The Balaban J connectivity index is 1.72. The Morgan fingerprint density at radius 2 is 1.96 bits per heavy atom. The monoisotopic (exact) mass is 352 g/mol. The number of hydrogen-bond donors (Lipinski definition) is 0. The quantitative estimate of drug-likeness (QED) is 0.621. The molecule has 0 atom stereocenters. The second-order valence-corrected chi connectivity index (χ2v) is 7.25. The standard InChI is InChI=1S/C20H22BFN2O2/c1-19(2)20(3,4)26-21(25-19)18(22)15-17-9-5-8-16(14-17)10-6-12-24-13-7-11-23-24/h5,7-9,11,13-15H,12H2,1-4H3. The van der Waals surface area contributed by atoms with Crippen molar-refractivity contribution in [1.82, 2.24) is 9.78 Å². The summed E-state index contributed by atoms with van der Waals surface area (Å²) in [6.45, 7) is 8.10. The van der Waals surface area contributed by atoms with Gasteiger partial charge in [-0.25, -0.2) is 4.39 Å². The molecule has 1 aromatic carbocycles. The van der Waals surface area contributed by atoms with Crippen molar-refractivity contribution in [3.63, 3.8) is 0 Å². The van der Waals surface area contributed by atoms with Crippen molar-refractivity contribution in [2.45, 2.75) is 45.4 Å². The molecule has 0 radical (unpaired) electrons. The van der Waals surface area contributed by atoms with E-state index in [0.717, 1.165) is 5.56 Å². The fraction of sp³-hybridized carbons (Fsp3) is 0.350. The van der Waals surface area contributed by atoms with Crippen LogP contribution in [0.2, 0.25) is 0 Å². The van der Waals surface area contributed by atoms with Gasteiger partial charge in [-0.3, -0.25) is 4.68 Å². The summed E-state index contributed by atoms with van der Waals surface area (Å²) in [5.74, 6) is 6.12. The number of rotatable bonds is 3. The molecule has 0 N–H and O–H groups in total. The lowest BCUT2D eigenvalue weighted by Gasteiger charge is -2.32. The van der Waals surface area contributed by atoms with Gasteiger partial charge >= 0.3 is 7.12 Å². The van der Waals surface area contributed by atoms with Crippen molar-refractivity contribution in [2.24, 2.45) is 0 Å². The van der Waals surface area contributed by atoms with Gasteiger partial charge in [-0.1, -0.05) is 24.0 Å². The van der Waals surface area contributed by atoms with Gasteiger partial charge in [0.1, 0.15) is 12.3 Å². The van der Waals surface area contributed by atoms with Crippen LogP contribution in [0.4, 0.5) is 4.39 Å². The van der Waals surface area contributed by atoms with E-state index < -0.39 is 24.0 Å². The largest absolute Gasteiger partial charge is 0.525 e. The Morgan fingerprint density at radius 1 is 1.23 bits per heavy atom. The predicted molar refractivity (Wildman–Crippen MR) is 101 cm³/mol. The van der Waals surface area contributed by atoms with Gasteiger partial charge in [-0.2, -0.15) is 5.10 Å². The molecule has 0 bridgehead atoms. The van der Waals surface area contributed by atoms with Gasteiger partial charge in [0.05, 0.1) is 11.2 Å². The van der Waals surface area contributed by atoms with Crippen LogP contribution in [-0.2, 0) is 15.9 Å². The van der Waals surface area contributed by atoms with Gasteiger partial charge in [0.15, 0.2) is 0 Å². The summed E-state index contributed by atoms with van der Waals surface area (Å²) < 4.78 is 27.8. The van der Waals surface area contributed by atoms with Crippen molar-refractivity contribution in [1.29, 1.82) is 0 Å². The average molecular weight is 352 g/mol. The molecule has 1 aliphatic rings. The third-order valence-corrected chi connectivity index (χ3v) is 4.70. The minimum absolute atomic E-state index is 0.453. The number of hydrogen-bond acceptors (Lipinski definition) is 3. The minimum atomic E-state index is -0.991. The maximum Gasteiger partial charge on any atom is 0.525 e. The number of benzene rings is 1. The smallest absolute Gasteiger partial charge is 0.398 e. The van der Waals surface area contributed by atoms with Crippen LogP contribution in [0.15, 0.2) is 48.5 Å². The topological polar surface area (TPSA) is 36.3 Å². The van der Waals surface area contributed by atoms with Crippen molar-refractivity contribution in [2.75, 3.05) is 0 Å². The maximum atomic E-state index is 14.6. The molecule has 0 aliphatic carbocycles. The summed E-state index contributed by atoms with van der Waals surface area (Å²) in [5, 5.41) is 4.10. The highest BCUT2D eigenvalue weighted by Gasteiger charge is 2.53. The third kappa shape index (κ3) is 4.06. The molecular weight excluding hydrogens is 330 g/mol. The SMILES string of the molecule is CC1(C)OB(C(F)=Cc2cccc(C#CCn3cccn3)c2)OC1(C)C. The first kappa shape index (κ1) is 18.4. The average Bonchev–Trinajstić information content (AvgIpc) is 3.14. The van der Waals surface area contributed by atoms with Crippen LogP contribution in [0.25, 0.3) is 6.08 Å². The minimum Gasteiger partial charge on any atom is -0.398 e. The first-order chi connectivity index (χ1) is 12.3. The van der Waals surface area contributed by atoms with Crippen molar-refractivity contribution in [3.8, 4) is 11.8 Å². The molecule has 2 heterocycles. The third-order valence-electron chi connectivity index (χ3n) is 4.70. The zero-order valence-corrected chi connectivity index (χ0v) is 15.5. The fourth-order valence-corrected chi connectivity index (χ4v) is 2.51. The van der Waals surface area contributed by atoms with Gasteiger partial charge in [0.2, 0.25) is 0 Å². The molecule has 6 heteroatoms. The van der Waals surface area contributed by atoms with Crippen LogP contribution in [0.3, 0.4) is 0 Å². The molecule has 1 aliphatic heterocycles. The molecule has 1 aromatic heterocycles. The van der Waals surface area contributed by atoms with E-state index in [2.05, 4.69) is 16.9 Å². The van der Waals surface area contributed by atoms with Gasteiger partial charge in [0, 0.05) is 18.0 Å². The lowest BCUT2D eigenvalue weighted by atomic mass is 9.86. The molecule has 0 spiro atoms. The second kappa shape index (κ2) is 7.10. The Labute approximate surface area is 154 Å². The Kier molecular flexibility index (Phi) is 5.04. The molecule has 2 aromatic rings. The zero-order valence-electron chi connectivity index (χ0n) is 15.5. The Hall–Kier alpha value is -2.36. The van der Waals surface area contributed by atoms with Crippen molar-refractivity contribution in [3.05, 3.63) is 59.6 Å². The first-order valence-electron chi connectivity index (χ1n) is 8.56. The summed E-state index contributed by atoms with van der Waals surface area (Å²) in [7, 11) is -0.991. The highest BCUT2D eigenvalue weighted by Crippen LogP contribution is 2.39. The highest BCUT2D eigenvalue weighted by atomic mass is 19.1. The van der Waals surface area contributed by atoms with Gasteiger partial charge in [-0.05, 0) is 57.5 Å². The van der Waals surface area contributed by atoms with Crippen LogP contribution in [0.5, 0.6) is 0 Å². The van der Waals surface area contributed by atoms with E-state index in [1.807, 2.05) is 64.2 Å². The molecule has 3 rings (SSSR count). The molecule has 0 unspecified atom stereocenters. The van der Waals surface area contributed by atoms with E-state index in [1.54, 1.807) is 10.9 Å². The predicted octanol–water partition coefficient (Wildman–Crippen LogP) is 3.88. The maximum absolute atomic E-state index is 14.6. The second-order valence-electron chi connectivity index (χ2n) is 7.25. The summed E-state index contributed by atoms with van der Waals surface area (Å²) in [4.78, 5) is 0. The van der Waals surface area contributed by atoms with E-state index in [-0.39, 0.29) is 0 Å². The number of aromatic nitrogens is 2. The van der Waals surface area contributed by atoms with E-state index >= 15 is 0 Å². The normalized spacial score (nSPS) is 18.5. The molecule has 1 fully saturated rings. The molecule has 0 amide bonds. The number of nitrogens with zero attached hydrogens (tertiary/aromatic N) is 2. The Morgan fingerprint density at radius 3 is 2.62 bits per heavy atom. The highest BCUT2D eigenvalue weighted by molar-refractivity contribution is 6.54. The van der Waals surface area contributed by atoms with Crippen molar-refractivity contribution >= 4 is 13.2 Å². The molecule has 26 heavy (non-hydrogen) atoms. The van der Waals surface area contributed by atoms with E-state index in [0.29, 0.717) is 12.1 Å². The van der Waals surface area contributed by atoms with E-state index in [4.69, 9.17) is 9.31 Å². The molecule has 0 saturated carbocycles. The molecule has 1 saturated heterocycles. The molecular formula is C20H22BFN2O2. The van der Waals surface area contributed by atoms with Crippen LogP contribution in [-0.4, -0.2) is 28.1 Å². The Bertz CT molecular complexity index is 847. The van der Waals surface area contributed by atoms with Crippen LogP contribution in [0.1, 0.15) is 38.8 Å². The molecule has 134 valence electrons. The van der Waals surface area contributed by atoms with E-state index in [1.165, 1.54) is 6.08 Å². The van der Waals surface area contributed by atoms with E-state index in [9.17, 15) is 4.39 Å². The van der Waals surface area contributed by atoms with Gasteiger partial charge in [-0.15, -0.1) is 0 Å². The fourth-order valence-electron chi connectivity index (χ4n) is 2.51.